The second kappa shape index (κ2) is 7.71. The van der Waals surface area contributed by atoms with Gasteiger partial charge in [-0.05, 0) is 36.8 Å². The lowest BCUT2D eigenvalue weighted by Gasteiger charge is -2.34. The second-order valence-electron chi connectivity index (χ2n) is 6.59. The molecule has 0 spiro atoms. The zero-order valence-corrected chi connectivity index (χ0v) is 13.3. The monoisotopic (exact) mass is 288 g/mol. The molecule has 0 bridgehead atoms. The van der Waals surface area contributed by atoms with Crippen molar-refractivity contribution in [2.24, 2.45) is 17.6 Å². The van der Waals surface area contributed by atoms with Gasteiger partial charge >= 0.3 is 0 Å². The van der Waals surface area contributed by atoms with Crippen LogP contribution in [-0.2, 0) is 6.54 Å². The molecule has 0 aromatic heterocycles. The van der Waals surface area contributed by atoms with Gasteiger partial charge in [-0.25, -0.2) is 0 Å². The summed E-state index contributed by atoms with van der Waals surface area (Å²) < 4.78 is 0. The molecule has 1 aromatic rings. The van der Waals surface area contributed by atoms with Gasteiger partial charge in [-0.3, -0.25) is 4.79 Å². The van der Waals surface area contributed by atoms with E-state index >= 15 is 0 Å². The standard InChI is InChI=1S/C18H28N2O/c1-14-10-15(2)13-20(12-14)9-5-8-18(21)17-7-4-3-6-16(17)11-19/h3-4,6-7,14-15H,5,8-13,19H2,1-2H3. The lowest BCUT2D eigenvalue weighted by molar-refractivity contribution is 0.0961. The van der Waals surface area contributed by atoms with Crippen LogP contribution in [0.15, 0.2) is 24.3 Å². The van der Waals surface area contributed by atoms with Crippen LogP contribution in [-0.4, -0.2) is 30.3 Å². The lowest BCUT2D eigenvalue weighted by atomic mass is 9.91. The largest absolute Gasteiger partial charge is 0.326 e. The van der Waals surface area contributed by atoms with Crippen molar-refractivity contribution in [1.82, 2.24) is 4.90 Å². The summed E-state index contributed by atoms with van der Waals surface area (Å²) in [4.78, 5) is 14.8. The molecule has 3 nitrogen and oxygen atoms in total. The molecule has 3 heteroatoms. The van der Waals surface area contributed by atoms with Crippen LogP contribution in [0, 0.1) is 11.8 Å². The van der Waals surface area contributed by atoms with Crippen molar-refractivity contribution in [3.63, 3.8) is 0 Å². The maximum atomic E-state index is 12.3. The number of likely N-dealkylation sites (tertiary alicyclic amines) is 1. The first-order valence-electron chi connectivity index (χ1n) is 8.13. The molecule has 2 atom stereocenters. The van der Waals surface area contributed by atoms with Gasteiger partial charge < -0.3 is 10.6 Å². The molecule has 0 radical (unpaired) electrons. The first-order chi connectivity index (χ1) is 10.1. The van der Waals surface area contributed by atoms with Crippen molar-refractivity contribution in [3.05, 3.63) is 35.4 Å². The van der Waals surface area contributed by atoms with Crippen molar-refractivity contribution < 1.29 is 4.79 Å². The van der Waals surface area contributed by atoms with Gasteiger partial charge in [0.1, 0.15) is 0 Å². The quantitative estimate of drug-likeness (QED) is 0.818. The number of ketones is 1. The molecule has 21 heavy (non-hydrogen) atoms. The molecule has 1 aliphatic heterocycles. The van der Waals surface area contributed by atoms with E-state index in [1.807, 2.05) is 24.3 Å². The van der Waals surface area contributed by atoms with E-state index in [-0.39, 0.29) is 5.78 Å². The van der Waals surface area contributed by atoms with E-state index in [1.165, 1.54) is 19.5 Å². The molecule has 2 unspecified atom stereocenters. The summed E-state index contributed by atoms with van der Waals surface area (Å²) in [5.41, 5.74) is 7.47. The molecule has 1 heterocycles. The second-order valence-corrected chi connectivity index (χ2v) is 6.59. The number of Topliss-reactive ketones (excluding diaryl/α,β-unsaturated/α-hetero) is 1. The molecule has 0 aliphatic carbocycles. The molecule has 0 saturated carbocycles. The molecule has 2 rings (SSSR count). The number of carbonyl (C=O) groups excluding carboxylic acids is 1. The van der Waals surface area contributed by atoms with Crippen LogP contribution in [0.25, 0.3) is 0 Å². The number of nitrogens with two attached hydrogens (primary N) is 1. The molecule has 1 aromatic carbocycles. The summed E-state index contributed by atoms with van der Waals surface area (Å²) in [6, 6.07) is 7.70. The van der Waals surface area contributed by atoms with Crippen LogP contribution in [0.3, 0.4) is 0 Å². The Morgan fingerprint density at radius 2 is 1.90 bits per heavy atom. The number of rotatable bonds is 6. The van der Waals surface area contributed by atoms with Crippen molar-refractivity contribution >= 4 is 5.78 Å². The van der Waals surface area contributed by atoms with E-state index in [2.05, 4.69) is 18.7 Å². The summed E-state index contributed by atoms with van der Waals surface area (Å²) in [7, 11) is 0. The molecule has 116 valence electrons. The van der Waals surface area contributed by atoms with Crippen LogP contribution in [0.4, 0.5) is 0 Å². The smallest absolute Gasteiger partial charge is 0.163 e. The lowest BCUT2D eigenvalue weighted by Crippen LogP contribution is -2.39. The summed E-state index contributed by atoms with van der Waals surface area (Å²) in [5.74, 6) is 1.79. The van der Waals surface area contributed by atoms with E-state index in [1.54, 1.807) is 0 Å². The van der Waals surface area contributed by atoms with Gasteiger partial charge in [0.25, 0.3) is 0 Å². The minimum absolute atomic E-state index is 0.231. The number of benzene rings is 1. The zero-order valence-electron chi connectivity index (χ0n) is 13.3. The number of nitrogens with zero attached hydrogens (tertiary/aromatic N) is 1. The van der Waals surface area contributed by atoms with Crippen molar-refractivity contribution in [2.45, 2.75) is 39.7 Å². The Morgan fingerprint density at radius 1 is 1.24 bits per heavy atom. The van der Waals surface area contributed by atoms with Crippen molar-refractivity contribution in [3.8, 4) is 0 Å². The van der Waals surface area contributed by atoms with Crippen LogP contribution in [0.1, 0.15) is 49.0 Å². The Bertz CT molecular complexity index is 462. The fourth-order valence-corrected chi connectivity index (χ4v) is 3.54. The fraction of sp³-hybridized carbons (Fsp3) is 0.611. The van der Waals surface area contributed by atoms with Gasteiger partial charge in [0.15, 0.2) is 5.78 Å². The van der Waals surface area contributed by atoms with E-state index < -0.39 is 0 Å². The molecule has 1 fully saturated rings. The van der Waals surface area contributed by atoms with Crippen LogP contribution >= 0.6 is 0 Å². The Morgan fingerprint density at radius 3 is 2.57 bits per heavy atom. The first-order valence-corrected chi connectivity index (χ1v) is 8.13. The van der Waals surface area contributed by atoms with Gasteiger partial charge in [-0.2, -0.15) is 0 Å². The SMILES string of the molecule is CC1CC(C)CN(CCCC(=O)c2ccccc2CN)C1. The van der Waals surface area contributed by atoms with E-state index in [0.717, 1.165) is 35.9 Å². The predicted octanol–water partition coefficient (Wildman–Crippen LogP) is 3.09. The van der Waals surface area contributed by atoms with E-state index in [9.17, 15) is 4.79 Å². The topological polar surface area (TPSA) is 46.3 Å². The summed E-state index contributed by atoms with van der Waals surface area (Å²) >= 11 is 0. The number of hydrogen-bond acceptors (Lipinski definition) is 3. The van der Waals surface area contributed by atoms with Crippen molar-refractivity contribution in [1.29, 1.82) is 0 Å². The summed E-state index contributed by atoms with van der Waals surface area (Å²) in [6.45, 7) is 8.47. The maximum absolute atomic E-state index is 12.3. The highest BCUT2D eigenvalue weighted by molar-refractivity contribution is 5.97. The Balaban J connectivity index is 1.81. The Hall–Kier alpha value is -1.19. The molecule has 2 N–H and O–H groups in total. The first kappa shape index (κ1) is 16.2. The van der Waals surface area contributed by atoms with Gasteiger partial charge in [0, 0.05) is 31.6 Å². The average Bonchev–Trinajstić information content (AvgIpc) is 2.46. The number of hydrogen-bond donors (Lipinski definition) is 1. The maximum Gasteiger partial charge on any atom is 0.163 e. The summed E-state index contributed by atoms with van der Waals surface area (Å²) in [6.07, 6.45) is 2.90. The molecular weight excluding hydrogens is 260 g/mol. The Kier molecular flexibility index (Phi) is 5.95. The molecule has 1 saturated heterocycles. The molecule has 0 amide bonds. The average molecular weight is 288 g/mol. The highest BCUT2D eigenvalue weighted by Crippen LogP contribution is 2.21. The third-order valence-electron chi connectivity index (χ3n) is 4.36. The van der Waals surface area contributed by atoms with Crippen LogP contribution in [0.2, 0.25) is 0 Å². The fourth-order valence-electron chi connectivity index (χ4n) is 3.54. The third kappa shape index (κ3) is 4.65. The van der Waals surface area contributed by atoms with E-state index in [4.69, 9.17) is 5.73 Å². The number of piperidine rings is 1. The minimum Gasteiger partial charge on any atom is -0.326 e. The highest BCUT2D eigenvalue weighted by Gasteiger charge is 2.21. The third-order valence-corrected chi connectivity index (χ3v) is 4.36. The van der Waals surface area contributed by atoms with E-state index in [0.29, 0.717) is 13.0 Å². The molecular formula is C18H28N2O. The Labute approximate surface area is 128 Å². The number of carbonyl (C=O) groups is 1. The minimum atomic E-state index is 0.231. The normalized spacial score (nSPS) is 23.2. The summed E-state index contributed by atoms with van der Waals surface area (Å²) in [5, 5.41) is 0. The highest BCUT2D eigenvalue weighted by atomic mass is 16.1. The van der Waals surface area contributed by atoms with Crippen molar-refractivity contribution in [2.75, 3.05) is 19.6 Å². The zero-order chi connectivity index (χ0) is 15.2. The predicted molar refractivity (Wildman–Crippen MR) is 87.3 cm³/mol. The van der Waals surface area contributed by atoms with Crippen LogP contribution in [0.5, 0.6) is 0 Å². The van der Waals surface area contributed by atoms with Gasteiger partial charge in [-0.15, -0.1) is 0 Å². The van der Waals surface area contributed by atoms with Gasteiger partial charge in [-0.1, -0.05) is 38.1 Å². The van der Waals surface area contributed by atoms with Crippen LogP contribution < -0.4 is 5.73 Å². The van der Waals surface area contributed by atoms with Gasteiger partial charge in [0.2, 0.25) is 0 Å². The van der Waals surface area contributed by atoms with Gasteiger partial charge in [0.05, 0.1) is 0 Å². The molecule has 1 aliphatic rings.